The molecule has 0 bridgehead atoms. The first-order chi connectivity index (χ1) is 10.7. The monoisotopic (exact) mass is 310 g/mol. The van der Waals surface area contributed by atoms with Gasteiger partial charge in [0.15, 0.2) is 4.98 Å². The van der Waals surface area contributed by atoms with Crippen LogP contribution < -0.4 is 0 Å². The lowest BCUT2D eigenvalue weighted by molar-refractivity contribution is 0.0664. The summed E-state index contributed by atoms with van der Waals surface area (Å²) < 4.78 is 0. The molecule has 1 heterocycles. The topological polar surface area (TPSA) is 65.5 Å². The molecule has 3 rings (SSSR count). The van der Waals surface area contributed by atoms with Crippen molar-refractivity contribution in [2.45, 2.75) is 4.90 Å². The van der Waals surface area contributed by atoms with Gasteiger partial charge in [-0.25, -0.2) is 0 Å². The van der Waals surface area contributed by atoms with Crippen LogP contribution in [0.5, 0.6) is 0 Å². The summed E-state index contributed by atoms with van der Waals surface area (Å²) in [6.45, 7) is 0.364. The second kappa shape index (κ2) is 6.00. The number of hydrogen-bond acceptors (Lipinski definition) is 4. The van der Waals surface area contributed by atoms with Crippen LogP contribution in [0.15, 0.2) is 53.4 Å². The van der Waals surface area contributed by atoms with Crippen molar-refractivity contribution >= 4 is 29.3 Å². The Balaban J connectivity index is 1.62. The van der Waals surface area contributed by atoms with Gasteiger partial charge in [-0.1, -0.05) is 12.1 Å². The zero-order valence-corrected chi connectivity index (χ0v) is 12.4. The molecule has 0 unspecified atom stereocenters. The summed E-state index contributed by atoms with van der Waals surface area (Å²) in [5.41, 5.74) is 1.45. The maximum atomic E-state index is 12.2. The molecule has 1 aliphatic heterocycles. The number of carbonyl (C=O) groups is 2. The van der Waals surface area contributed by atoms with Gasteiger partial charge in [-0.15, -0.1) is 11.8 Å². The van der Waals surface area contributed by atoms with E-state index in [1.165, 1.54) is 16.7 Å². The summed E-state index contributed by atoms with van der Waals surface area (Å²) in [7, 11) is 0. The summed E-state index contributed by atoms with van der Waals surface area (Å²) in [6.07, 6.45) is 0. The van der Waals surface area contributed by atoms with Gasteiger partial charge in [-0.3, -0.25) is 14.5 Å². The first-order valence-electron chi connectivity index (χ1n) is 6.74. The molecule has 1 aliphatic rings. The summed E-state index contributed by atoms with van der Waals surface area (Å²) in [6, 6.07) is 13.9. The van der Waals surface area contributed by atoms with E-state index in [2.05, 4.69) is 4.98 Å². The highest BCUT2D eigenvalue weighted by Crippen LogP contribution is 2.25. The summed E-state index contributed by atoms with van der Waals surface area (Å²) in [4.78, 5) is 29.7. The summed E-state index contributed by atoms with van der Waals surface area (Å²) in [5, 5.41) is 8.63. The maximum absolute atomic E-state index is 12.2. The van der Waals surface area contributed by atoms with E-state index in [4.69, 9.17) is 5.39 Å². The summed E-state index contributed by atoms with van der Waals surface area (Å²) >= 11 is 1.54. The summed E-state index contributed by atoms with van der Waals surface area (Å²) in [5.74, 6) is 0.160. The molecule has 0 spiro atoms. The number of imide groups is 1. The van der Waals surface area contributed by atoms with E-state index in [1.54, 1.807) is 36.4 Å². The molecule has 2 amide bonds. The number of hydrogen-bond donors (Lipinski definition) is 0. The molecular weight excluding hydrogens is 298 g/mol. The van der Waals surface area contributed by atoms with E-state index in [0.717, 1.165) is 4.90 Å². The van der Waals surface area contributed by atoms with Gasteiger partial charge in [-0.2, -0.15) is 0 Å². The molecule has 0 radical (unpaired) electrons. The van der Waals surface area contributed by atoms with Crippen LogP contribution in [0.1, 0.15) is 20.7 Å². The Hall–Kier alpha value is -2.65. The predicted octanol–water partition coefficient (Wildman–Crippen LogP) is 3.56. The molecule has 108 valence electrons. The third-order valence-electron chi connectivity index (χ3n) is 3.41. The number of rotatable bonds is 4. The maximum Gasteiger partial charge on any atom is 0.385 e. The number of nitrogens with zero attached hydrogens (tertiary/aromatic N) is 3. The fraction of sp³-hybridized carbons (Fsp3) is 0.125. The van der Waals surface area contributed by atoms with Gasteiger partial charge in [0, 0.05) is 29.3 Å². The Morgan fingerprint density at radius 3 is 2.09 bits per heavy atom. The van der Waals surface area contributed by atoms with Crippen LogP contribution in [-0.2, 0) is 0 Å². The first-order valence-corrected chi connectivity index (χ1v) is 7.72. The van der Waals surface area contributed by atoms with E-state index < -0.39 is 0 Å². The highest BCUT2D eigenvalue weighted by atomic mass is 32.2. The number of thioether (sulfide) groups is 1. The SMILES string of the molecule is N#[N+]c1ccc(SCCN2C(=O)c3ccccc3C2=O)cc1. The van der Waals surface area contributed by atoms with Gasteiger partial charge >= 0.3 is 5.69 Å². The minimum atomic E-state index is -0.226. The van der Waals surface area contributed by atoms with Crippen LogP contribution in [0.2, 0.25) is 0 Å². The van der Waals surface area contributed by atoms with Crippen molar-refractivity contribution in [3.63, 3.8) is 0 Å². The van der Waals surface area contributed by atoms with E-state index in [-0.39, 0.29) is 11.8 Å². The molecule has 2 aromatic carbocycles. The van der Waals surface area contributed by atoms with Gasteiger partial charge in [-0.05, 0) is 24.3 Å². The molecule has 0 fully saturated rings. The van der Waals surface area contributed by atoms with Gasteiger partial charge in [0.1, 0.15) is 0 Å². The van der Waals surface area contributed by atoms with E-state index in [0.29, 0.717) is 29.1 Å². The second-order valence-electron chi connectivity index (χ2n) is 4.75. The second-order valence-corrected chi connectivity index (χ2v) is 5.92. The number of benzene rings is 2. The third kappa shape index (κ3) is 2.59. The Labute approximate surface area is 131 Å². The lowest BCUT2D eigenvalue weighted by Crippen LogP contribution is -2.31. The molecule has 2 aromatic rings. The highest BCUT2D eigenvalue weighted by molar-refractivity contribution is 7.99. The quantitative estimate of drug-likeness (QED) is 0.492. The number of fused-ring (bicyclic) bond motifs is 1. The molecule has 6 heteroatoms. The molecule has 0 aromatic heterocycles. The van der Waals surface area contributed by atoms with Gasteiger partial charge in [0.2, 0.25) is 5.39 Å². The molecule has 0 N–H and O–H groups in total. The van der Waals surface area contributed by atoms with Crippen LogP contribution >= 0.6 is 11.8 Å². The van der Waals surface area contributed by atoms with E-state index in [1.807, 2.05) is 12.1 Å². The van der Waals surface area contributed by atoms with Crippen molar-refractivity contribution in [3.05, 3.63) is 64.6 Å². The molecule has 22 heavy (non-hydrogen) atoms. The van der Waals surface area contributed by atoms with Crippen LogP contribution in [0.25, 0.3) is 4.98 Å². The van der Waals surface area contributed by atoms with Gasteiger partial charge < -0.3 is 0 Å². The van der Waals surface area contributed by atoms with Crippen LogP contribution in [0, 0.1) is 5.39 Å². The van der Waals surface area contributed by atoms with Crippen molar-refractivity contribution in [2.75, 3.05) is 12.3 Å². The number of carbonyl (C=O) groups excluding carboxylic acids is 2. The number of amides is 2. The van der Waals surface area contributed by atoms with Crippen molar-refractivity contribution in [1.29, 1.82) is 5.39 Å². The Morgan fingerprint density at radius 1 is 0.955 bits per heavy atom. The smallest absolute Gasteiger partial charge is 0.273 e. The molecule has 0 atom stereocenters. The fourth-order valence-electron chi connectivity index (χ4n) is 2.31. The van der Waals surface area contributed by atoms with Crippen LogP contribution in [-0.4, -0.2) is 29.0 Å². The minimum Gasteiger partial charge on any atom is -0.273 e. The average Bonchev–Trinajstić information content (AvgIpc) is 2.81. The third-order valence-corrected chi connectivity index (χ3v) is 4.41. The minimum absolute atomic E-state index is 0.226. The first kappa shape index (κ1) is 14.3. The Kier molecular flexibility index (Phi) is 3.90. The molecule has 0 saturated heterocycles. The normalized spacial score (nSPS) is 13.1. The Morgan fingerprint density at radius 2 is 1.55 bits per heavy atom. The molecular formula is C16H12N3O2S+. The zero-order chi connectivity index (χ0) is 15.5. The average molecular weight is 310 g/mol. The largest absolute Gasteiger partial charge is 0.385 e. The van der Waals surface area contributed by atoms with Gasteiger partial charge in [0.05, 0.1) is 11.1 Å². The highest BCUT2D eigenvalue weighted by Gasteiger charge is 2.34. The molecule has 5 nitrogen and oxygen atoms in total. The molecule has 0 saturated carbocycles. The van der Waals surface area contributed by atoms with Crippen molar-refractivity contribution in [1.82, 2.24) is 4.90 Å². The lowest BCUT2D eigenvalue weighted by Gasteiger charge is -2.13. The van der Waals surface area contributed by atoms with Crippen molar-refractivity contribution < 1.29 is 9.59 Å². The standard InChI is InChI=1S/C16H12N3O2S/c17-18-11-5-7-12(8-6-11)22-10-9-19-15(20)13-3-1-2-4-14(13)16(19)21/h1-8H,9-10H2/q+1. The van der Waals surface area contributed by atoms with E-state index in [9.17, 15) is 9.59 Å². The Bertz CT molecular complexity index is 746. The lowest BCUT2D eigenvalue weighted by atomic mass is 10.1. The number of diazo groups is 1. The fourth-order valence-corrected chi connectivity index (χ4v) is 3.14. The molecule has 0 aliphatic carbocycles. The van der Waals surface area contributed by atoms with Crippen molar-refractivity contribution in [2.24, 2.45) is 0 Å². The van der Waals surface area contributed by atoms with Crippen molar-refractivity contribution in [3.8, 4) is 0 Å². The van der Waals surface area contributed by atoms with E-state index >= 15 is 0 Å². The zero-order valence-electron chi connectivity index (χ0n) is 11.6. The van der Waals surface area contributed by atoms with Crippen LogP contribution in [0.4, 0.5) is 5.69 Å². The van der Waals surface area contributed by atoms with Crippen LogP contribution in [0.3, 0.4) is 0 Å². The van der Waals surface area contributed by atoms with Gasteiger partial charge in [0.25, 0.3) is 11.8 Å². The predicted molar refractivity (Wildman–Crippen MR) is 83.7 cm³/mol.